The Labute approximate surface area is 153 Å². The number of non-ortho nitro benzene ring substituents is 1. The van der Waals surface area contributed by atoms with Crippen molar-refractivity contribution in [3.05, 3.63) is 51.8 Å². The number of nitro groups is 1. The lowest BCUT2D eigenvalue weighted by Crippen LogP contribution is -2.14. The molecule has 0 unspecified atom stereocenters. The largest absolute Gasteiger partial charge is 0.456 e. The van der Waals surface area contributed by atoms with Crippen molar-refractivity contribution in [3.8, 4) is 0 Å². The summed E-state index contributed by atoms with van der Waals surface area (Å²) in [5.74, 6) is -0.440. The molecule has 2 aromatic rings. The number of carbonyl (C=O) groups is 1. The van der Waals surface area contributed by atoms with E-state index in [-0.39, 0.29) is 22.3 Å². The minimum Gasteiger partial charge on any atom is -0.456 e. The summed E-state index contributed by atoms with van der Waals surface area (Å²) in [7, 11) is -3.73. The molecule has 0 saturated carbocycles. The van der Waals surface area contributed by atoms with Crippen molar-refractivity contribution < 1.29 is 22.9 Å². The number of carbonyl (C=O) groups excluding carboxylic acids is 1. The molecule has 0 spiro atoms. The number of hydrogen-bond donors (Lipinski definition) is 0. The molecule has 1 aromatic heterocycles. The van der Waals surface area contributed by atoms with Gasteiger partial charge in [-0.2, -0.15) is 0 Å². The fraction of sp³-hybridized carbons (Fsp3) is 0.267. The Hall–Kier alpha value is -2.53. The number of hydrogen-bond acceptors (Lipinski definition) is 9. The van der Waals surface area contributed by atoms with Crippen molar-refractivity contribution in [1.82, 2.24) is 9.97 Å². The van der Waals surface area contributed by atoms with Crippen LogP contribution in [0.25, 0.3) is 0 Å². The van der Waals surface area contributed by atoms with Crippen molar-refractivity contribution in [2.45, 2.75) is 23.9 Å². The molecule has 0 saturated heterocycles. The maximum absolute atomic E-state index is 12.1. The maximum atomic E-state index is 12.1. The summed E-state index contributed by atoms with van der Waals surface area (Å²) < 4.78 is 29.2. The summed E-state index contributed by atoms with van der Waals surface area (Å²) >= 11 is 0.670. The van der Waals surface area contributed by atoms with Crippen molar-refractivity contribution in [2.75, 3.05) is 12.4 Å². The van der Waals surface area contributed by atoms with Gasteiger partial charge in [0.05, 0.1) is 15.6 Å². The lowest BCUT2D eigenvalue weighted by Gasteiger charge is -2.06. The zero-order valence-corrected chi connectivity index (χ0v) is 15.5. The third-order valence-corrected chi connectivity index (χ3v) is 5.46. The number of aryl methyl sites for hydroxylation is 2. The average Bonchev–Trinajstić information content (AvgIpc) is 2.53. The minimum atomic E-state index is -3.73. The second-order valence-electron chi connectivity index (χ2n) is 5.20. The Morgan fingerprint density at radius 2 is 1.77 bits per heavy atom. The van der Waals surface area contributed by atoms with E-state index in [0.29, 0.717) is 23.1 Å². The van der Waals surface area contributed by atoms with E-state index in [1.807, 2.05) is 0 Å². The van der Waals surface area contributed by atoms with E-state index in [1.54, 1.807) is 19.9 Å². The number of rotatable bonds is 6. The highest BCUT2D eigenvalue weighted by Gasteiger charge is 2.18. The molecule has 0 N–H and O–H groups in total. The summed E-state index contributed by atoms with van der Waals surface area (Å²) in [6.45, 7) is 3.18. The molecule has 26 heavy (non-hydrogen) atoms. The van der Waals surface area contributed by atoms with Gasteiger partial charge in [0, 0.05) is 35.3 Å². The zero-order chi connectivity index (χ0) is 19.3. The van der Waals surface area contributed by atoms with Gasteiger partial charge in [-0.15, -0.1) is 0 Å². The third-order valence-electron chi connectivity index (χ3n) is 3.12. The van der Waals surface area contributed by atoms with Crippen LogP contribution in [-0.4, -0.2) is 41.0 Å². The fourth-order valence-electron chi connectivity index (χ4n) is 1.97. The Balaban J connectivity index is 1.91. The van der Waals surface area contributed by atoms with Gasteiger partial charge in [0.25, 0.3) is 5.69 Å². The molecule has 11 heteroatoms. The molecule has 0 aliphatic heterocycles. The Bertz CT molecular complexity index is 909. The highest BCUT2D eigenvalue weighted by molar-refractivity contribution is 8.13. The molecule has 0 amide bonds. The van der Waals surface area contributed by atoms with Gasteiger partial charge in [-0.1, -0.05) is 0 Å². The van der Waals surface area contributed by atoms with Crippen molar-refractivity contribution in [3.63, 3.8) is 0 Å². The average molecular weight is 397 g/mol. The van der Waals surface area contributed by atoms with Gasteiger partial charge in [-0.3, -0.25) is 10.1 Å². The van der Waals surface area contributed by atoms with Gasteiger partial charge in [-0.25, -0.2) is 23.2 Å². The predicted octanol–water partition coefficient (Wildman–Crippen LogP) is 2.70. The number of ether oxygens (including phenoxy) is 1. The zero-order valence-electron chi connectivity index (χ0n) is 13.9. The van der Waals surface area contributed by atoms with Crippen LogP contribution < -0.4 is 0 Å². The molecule has 0 fully saturated rings. The second-order valence-corrected chi connectivity index (χ2v) is 8.22. The van der Waals surface area contributed by atoms with Gasteiger partial charge in [0.2, 0.25) is 0 Å². The number of thioether (sulfide) groups is 1. The molecule has 9 nitrogen and oxygen atoms in total. The van der Waals surface area contributed by atoms with Gasteiger partial charge < -0.3 is 4.74 Å². The molecule has 138 valence electrons. The van der Waals surface area contributed by atoms with Crippen LogP contribution in [0.5, 0.6) is 0 Å². The molecular formula is C15H15N3O6S2. The monoisotopic (exact) mass is 397 g/mol. The maximum Gasteiger partial charge on any atom is 0.375 e. The lowest BCUT2D eigenvalue weighted by atomic mass is 10.3. The standard InChI is InChI=1S/C15H15N3O6S2/c1-10-9-11(2)17-14(16-10)25-15(19)24-7-8-26(22,23)13-5-3-12(4-6-13)18(20)21/h3-6,9H,7-8H2,1-2H3. The number of benzene rings is 1. The van der Waals surface area contributed by atoms with E-state index in [4.69, 9.17) is 4.74 Å². The SMILES string of the molecule is Cc1cc(C)nc(SC(=O)OCCS(=O)(=O)c2ccc([N+](=O)[O-])cc2)n1. The first-order valence-electron chi connectivity index (χ1n) is 7.31. The van der Waals surface area contributed by atoms with E-state index >= 15 is 0 Å². The molecule has 1 aromatic carbocycles. The van der Waals surface area contributed by atoms with E-state index < -0.39 is 25.8 Å². The van der Waals surface area contributed by atoms with Crippen LogP contribution in [0.3, 0.4) is 0 Å². The number of aromatic nitrogens is 2. The van der Waals surface area contributed by atoms with Crippen molar-refractivity contribution in [1.29, 1.82) is 0 Å². The van der Waals surface area contributed by atoms with Crippen LogP contribution >= 0.6 is 11.8 Å². The van der Waals surface area contributed by atoms with Gasteiger partial charge >= 0.3 is 5.30 Å². The number of nitrogens with zero attached hydrogens (tertiary/aromatic N) is 3. The number of nitro benzene ring substituents is 1. The highest BCUT2D eigenvalue weighted by Crippen LogP contribution is 2.19. The molecule has 0 aliphatic carbocycles. The van der Waals surface area contributed by atoms with E-state index in [1.165, 1.54) is 0 Å². The van der Waals surface area contributed by atoms with Crippen molar-refractivity contribution in [2.24, 2.45) is 0 Å². The first-order valence-corrected chi connectivity index (χ1v) is 9.78. The Kier molecular flexibility index (Phi) is 6.27. The first-order chi connectivity index (χ1) is 12.2. The second kappa shape index (κ2) is 8.23. The molecule has 0 atom stereocenters. The van der Waals surface area contributed by atoms with Crippen LogP contribution in [0, 0.1) is 24.0 Å². The van der Waals surface area contributed by atoms with Crippen LogP contribution in [0.2, 0.25) is 0 Å². The topological polar surface area (TPSA) is 129 Å². The molecule has 1 heterocycles. The summed E-state index contributed by atoms with van der Waals surface area (Å²) in [6.07, 6.45) is 0. The molecule has 0 bridgehead atoms. The van der Waals surface area contributed by atoms with Crippen LogP contribution in [0.4, 0.5) is 10.5 Å². The lowest BCUT2D eigenvalue weighted by molar-refractivity contribution is -0.384. The summed E-state index contributed by atoms with van der Waals surface area (Å²) in [5.41, 5.74) is 1.20. The molecule has 2 rings (SSSR count). The first kappa shape index (κ1) is 19.8. The van der Waals surface area contributed by atoms with Gasteiger partial charge in [0.15, 0.2) is 15.0 Å². The number of sulfone groups is 1. The van der Waals surface area contributed by atoms with Crippen molar-refractivity contribution >= 4 is 32.6 Å². The van der Waals surface area contributed by atoms with Crippen LogP contribution in [0.1, 0.15) is 11.4 Å². The Morgan fingerprint density at radius 1 is 1.19 bits per heavy atom. The fourth-order valence-corrected chi connectivity index (χ4v) is 3.73. The van der Waals surface area contributed by atoms with E-state index in [2.05, 4.69) is 9.97 Å². The summed E-state index contributed by atoms with van der Waals surface area (Å²) in [5, 5.41) is 10.1. The third kappa shape index (κ3) is 5.49. The van der Waals surface area contributed by atoms with E-state index in [9.17, 15) is 23.3 Å². The van der Waals surface area contributed by atoms with Gasteiger partial charge in [-0.05, 0) is 32.0 Å². The van der Waals surface area contributed by atoms with E-state index in [0.717, 1.165) is 24.3 Å². The quantitative estimate of drug-likeness (QED) is 0.237. The predicted molar refractivity (Wildman–Crippen MR) is 93.9 cm³/mol. The summed E-state index contributed by atoms with van der Waals surface area (Å²) in [4.78, 5) is 29.8. The minimum absolute atomic E-state index is 0.0792. The highest BCUT2D eigenvalue weighted by atomic mass is 32.2. The smallest absolute Gasteiger partial charge is 0.375 e. The molecule has 0 aliphatic rings. The molecular weight excluding hydrogens is 382 g/mol. The summed E-state index contributed by atoms with van der Waals surface area (Å²) in [6, 6.07) is 6.26. The normalized spacial score (nSPS) is 11.2. The Morgan fingerprint density at radius 3 is 2.31 bits per heavy atom. The van der Waals surface area contributed by atoms with Gasteiger partial charge in [0.1, 0.15) is 6.61 Å². The van der Waals surface area contributed by atoms with Crippen LogP contribution in [-0.2, 0) is 14.6 Å². The molecule has 0 radical (unpaired) electrons. The van der Waals surface area contributed by atoms with Crippen LogP contribution in [0.15, 0.2) is 40.4 Å².